The van der Waals surface area contributed by atoms with Crippen LogP contribution in [-0.2, 0) is 16.3 Å². The van der Waals surface area contributed by atoms with Gasteiger partial charge in [0.15, 0.2) is 16.4 Å². The fourth-order valence-electron chi connectivity index (χ4n) is 5.07. The van der Waals surface area contributed by atoms with Crippen LogP contribution in [0.2, 0.25) is 0 Å². The van der Waals surface area contributed by atoms with E-state index in [-0.39, 0.29) is 11.7 Å². The summed E-state index contributed by atoms with van der Waals surface area (Å²) in [6, 6.07) is 12.2. The number of hydrogen-bond acceptors (Lipinski definition) is 8. The summed E-state index contributed by atoms with van der Waals surface area (Å²) < 4.78 is 54.0. The van der Waals surface area contributed by atoms with E-state index in [2.05, 4.69) is 9.97 Å². The van der Waals surface area contributed by atoms with Crippen LogP contribution < -0.4 is 15.0 Å². The number of aromatic nitrogens is 3. The van der Waals surface area contributed by atoms with E-state index < -0.39 is 38.2 Å². The molecule has 41 heavy (non-hydrogen) atoms. The van der Waals surface area contributed by atoms with Crippen molar-refractivity contribution in [2.75, 3.05) is 6.79 Å². The van der Waals surface area contributed by atoms with Crippen molar-refractivity contribution in [3.8, 4) is 28.5 Å². The molecule has 0 unspecified atom stereocenters. The quantitative estimate of drug-likeness (QED) is 0.263. The van der Waals surface area contributed by atoms with Gasteiger partial charge in [-0.25, -0.2) is 13.4 Å². The first-order valence-corrected chi connectivity index (χ1v) is 14.9. The van der Waals surface area contributed by atoms with Crippen molar-refractivity contribution < 1.29 is 27.4 Å². The van der Waals surface area contributed by atoms with E-state index in [1.165, 1.54) is 35.0 Å². The summed E-state index contributed by atoms with van der Waals surface area (Å²) in [5, 5.41) is 11.5. The molecule has 9 nitrogen and oxygen atoms in total. The lowest BCUT2D eigenvalue weighted by atomic mass is 10.0. The van der Waals surface area contributed by atoms with Gasteiger partial charge in [-0.15, -0.1) is 0 Å². The monoisotopic (exact) mass is 579 g/mol. The van der Waals surface area contributed by atoms with Crippen molar-refractivity contribution in [3.63, 3.8) is 0 Å². The lowest BCUT2D eigenvalue weighted by molar-refractivity contribution is 0.174. The SMILES string of the molecule is CCCCc1nc(=O)c(S(=O)(=O)c2ccc(-c3ccnc(F)c3C)cc2)c(O)n1[C@@H](CC)c1ccc2c(c1)OCO2. The summed E-state index contributed by atoms with van der Waals surface area (Å²) in [4.78, 5) is 20.0. The number of sulfone groups is 1. The smallest absolute Gasteiger partial charge is 0.296 e. The maximum atomic E-state index is 14.0. The molecule has 0 saturated carbocycles. The van der Waals surface area contributed by atoms with E-state index >= 15 is 0 Å². The van der Waals surface area contributed by atoms with Crippen LogP contribution in [-0.4, -0.2) is 34.9 Å². The summed E-state index contributed by atoms with van der Waals surface area (Å²) in [5.41, 5.74) is 1.17. The molecule has 1 N–H and O–H groups in total. The minimum Gasteiger partial charge on any atom is -0.493 e. The van der Waals surface area contributed by atoms with Crippen LogP contribution in [0.25, 0.3) is 11.1 Å². The van der Waals surface area contributed by atoms with Gasteiger partial charge in [0.25, 0.3) is 5.56 Å². The highest BCUT2D eigenvalue weighted by Gasteiger charge is 2.32. The molecule has 2 aromatic heterocycles. The number of hydrogen-bond donors (Lipinski definition) is 1. The average molecular weight is 580 g/mol. The molecular formula is C30H30FN3O6S. The normalized spacial score (nSPS) is 13.4. The zero-order valence-electron chi connectivity index (χ0n) is 22.9. The highest BCUT2D eigenvalue weighted by atomic mass is 32.2. The van der Waals surface area contributed by atoms with Crippen molar-refractivity contribution in [1.82, 2.24) is 14.5 Å². The first-order valence-electron chi connectivity index (χ1n) is 13.4. The molecule has 0 saturated heterocycles. The number of pyridine rings is 1. The molecule has 0 aliphatic carbocycles. The molecular weight excluding hydrogens is 549 g/mol. The molecule has 5 rings (SSSR count). The molecule has 0 radical (unpaired) electrons. The molecule has 214 valence electrons. The predicted octanol–water partition coefficient (Wildman–Crippen LogP) is 5.36. The second-order valence-electron chi connectivity index (χ2n) is 9.80. The van der Waals surface area contributed by atoms with Crippen molar-refractivity contribution in [3.05, 3.63) is 88.0 Å². The second-order valence-corrected chi connectivity index (χ2v) is 11.7. The number of nitrogens with zero attached hydrogens (tertiary/aromatic N) is 3. The van der Waals surface area contributed by atoms with E-state index in [0.717, 1.165) is 12.0 Å². The van der Waals surface area contributed by atoms with Gasteiger partial charge in [-0.2, -0.15) is 9.37 Å². The third-order valence-electron chi connectivity index (χ3n) is 7.25. The Morgan fingerprint density at radius 3 is 2.51 bits per heavy atom. The molecule has 4 aromatic rings. The number of ether oxygens (including phenoxy) is 2. The highest BCUT2D eigenvalue weighted by Crippen LogP contribution is 2.39. The lowest BCUT2D eigenvalue weighted by Crippen LogP contribution is -2.27. The summed E-state index contributed by atoms with van der Waals surface area (Å²) in [7, 11) is -4.49. The third kappa shape index (κ3) is 5.17. The molecule has 1 aliphatic heterocycles. The van der Waals surface area contributed by atoms with Gasteiger partial charge in [-0.3, -0.25) is 9.36 Å². The van der Waals surface area contributed by atoms with Crippen molar-refractivity contribution in [2.24, 2.45) is 0 Å². The Kier molecular flexibility index (Phi) is 7.81. The Hall–Kier alpha value is -4.25. The summed E-state index contributed by atoms with van der Waals surface area (Å²) >= 11 is 0. The summed E-state index contributed by atoms with van der Waals surface area (Å²) in [6.45, 7) is 5.56. The van der Waals surface area contributed by atoms with Gasteiger partial charge in [-0.05, 0) is 66.8 Å². The Morgan fingerprint density at radius 2 is 1.80 bits per heavy atom. The number of fused-ring (bicyclic) bond motifs is 1. The Bertz CT molecular complexity index is 1770. The number of unbranched alkanes of at least 4 members (excludes halogenated alkanes) is 1. The minimum atomic E-state index is -4.49. The van der Waals surface area contributed by atoms with Crippen molar-refractivity contribution in [2.45, 2.75) is 62.3 Å². The fourth-order valence-corrected chi connectivity index (χ4v) is 6.41. The molecule has 2 aromatic carbocycles. The predicted molar refractivity (Wildman–Crippen MR) is 150 cm³/mol. The Morgan fingerprint density at radius 1 is 1.07 bits per heavy atom. The number of rotatable bonds is 9. The Balaban J connectivity index is 1.63. The average Bonchev–Trinajstić information content (AvgIpc) is 3.43. The molecule has 0 amide bonds. The van der Waals surface area contributed by atoms with E-state index in [4.69, 9.17) is 9.47 Å². The topological polar surface area (TPSA) is 121 Å². The number of benzene rings is 2. The van der Waals surface area contributed by atoms with Crippen LogP contribution in [0.3, 0.4) is 0 Å². The number of aromatic hydroxyl groups is 1. The van der Waals surface area contributed by atoms with Gasteiger partial charge in [0.05, 0.1) is 10.9 Å². The van der Waals surface area contributed by atoms with Crippen LogP contribution in [0.1, 0.15) is 56.1 Å². The second kappa shape index (κ2) is 11.3. The van der Waals surface area contributed by atoms with Crippen LogP contribution in [0.15, 0.2) is 69.3 Å². The minimum absolute atomic E-state index is 0.0962. The maximum absolute atomic E-state index is 14.0. The van der Waals surface area contributed by atoms with E-state index in [9.17, 15) is 22.7 Å². The first-order chi connectivity index (χ1) is 19.7. The zero-order chi connectivity index (χ0) is 29.3. The molecule has 11 heteroatoms. The van der Waals surface area contributed by atoms with Gasteiger partial charge in [-0.1, -0.05) is 38.5 Å². The number of aryl methyl sites for hydroxylation is 1. The Labute approximate surface area is 237 Å². The number of halogens is 1. The fraction of sp³-hybridized carbons (Fsp3) is 0.300. The van der Waals surface area contributed by atoms with Crippen LogP contribution in [0.5, 0.6) is 17.4 Å². The molecule has 0 bridgehead atoms. The molecule has 0 spiro atoms. The van der Waals surface area contributed by atoms with E-state index in [1.807, 2.05) is 19.9 Å². The molecule has 1 aliphatic rings. The lowest BCUT2D eigenvalue weighted by Gasteiger charge is -2.25. The highest BCUT2D eigenvalue weighted by molar-refractivity contribution is 7.91. The van der Waals surface area contributed by atoms with Crippen LogP contribution >= 0.6 is 0 Å². The van der Waals surface area contributed by atoms with Gasteiger partial charge in [0.1, 0.15) is 5.82 Å². The van der Waals surface area contributed by atoms with Gasteiger partial charge in [0.2, 0.25) is 28.5 Å². The summed E-state index contributed by atoms with van der Waals surface area (Å²) in [6.07, 6.45) is 3.67. The van der Waals surface area contributed by atoms with Crippen molar-refractivity contribution in [1.29, 1.82) is 0 Å². The van der Waals surface area contributed by atoms with E-state index in [0.29, 0.717) is 53.3 Å². The summed E-state index contributed by atoms with van der Waals surface area (Å²) in [5.74, 6) is 0.141. The molecule has 3 heterocycles. The van der Waals surface area contributed by atoms with Crippen molar-refractivity contribution >= 4 is 9.84 Å². The van der Waals surface area contributed by atoms with E-state index in [1.54, 1.807) is 25.1 Å². The first kappa shape index (κ1) is 28.3. The zero-order valence-corrected chi connectivity index (χ0v) is 23.7. The third-order valence-corrected chi connectivity index (χ3v) is 9.04. The van der Waals surface area contributed by atoms with Crippen LogP contribution in [0.4, 0.5) is 4.39 Å². The van der Waals surface area contributed by atoms with Gasteiger partial charge >= 0.3 is 0 Å². The molecule has 1 atom stereocenters. The molecule has 0 fully saturated rings. The maximum Gasteiger partial charge on any atom is 0.296 e. The largest absolute Gasteiger partial charge is 0.493 e. The van der Waals surface area contributed by atoms with Crippen LogP contribution in [0, 0.1) is 12.9 Å². The van der Waals surface area contributed by atoms with Gasteiger partial charge < -0.3 is 14.6 Å². The van der Waals surface area contributed by atoms with Gasteiger partial charge in [0, 0.05) is 18.2 Å². The standard InChI is InChI=1S/C30H30FN3O6S/c1-4-6-7-26-33-29(35)27(30(36)34(26)23(5-2)20-10-13-24-25(16-20)40-17-39-24)41(37,38)21-11-8-19(9-12-21)22-14-15-32-28(31)18(22)3/h8-16,23,36H,4-7,17H2,1-3H3/t23-/m0/s1.